The maximum absolute atomic E-state index is 13.5. The Balaban J connectivity index is 1.73. The second-order valence-electron chi connectivity index (χ2n) is 5.54. The van der Waals surface area contributed by atoms with Crippen LogP contribution in [0.4, 0.5) is 10.1 Å². The van der Waals surface area contributed by atoms with Crippen LogP contribution in [0.15, 0.2) is 53.3 Å². The summed E-state index contributed by atoms with van der Waals surface area (Å²) in [5, 5.41) is 3.61. The second kappa shape index (κ2) is 7.17. The molecule has 5 nitrogen and oxygen atoms in total. The number of rotatable bonds is 5. The third-order valence-corrected chi connectivity index (χ3v) is 3.79. The minimum Gasteiger partial charge on any atom is -0.481 e. The minimum atomic E-state index is -0.523. The number of amides is 1. The third kappa shape index (κ3) is 3.85. The number of H-pyrrole nitrogens is 1. The molecule has 25 heavy (non-hydrogen) atoms. The van der Waals surface area contributed by atoms with Gasteiger partial charge < -0.3 is 15.0 Å². The molecular weight excluding hydrogens is 323 g/mol. The van der Waals surface area contributed by atoms with Crippen LogP contribution in [0.25, 0.3) is 10.9 Å². The van der Waals surface area contributed by atoms with E-state index in [1.54, 1.807) is 30.3 Å². The van der Waals surface area contributed by atoms with E-state index in [4.69, 9.17) is 4.74 Å². The van der Waals surface area contributed by atoms with E-state index < -0.39 is 11.7 Å². The van der Waals surface area contributed by atoms with E-state index in [2.05, 4.69) is 10.3 Å². The Morgan fingerprint density at radius 1 is 1.20 bits per heavy atom. The van der Waals surface area contributed by atoms with Crippen molar-refractivity contribution in [2.75, 3.05) is 11.9 Å². The van der Waals surface area contributed by atoms with Crippen molar-refractivity contribution in [3.63, 3.8) is 0 Å². The molecule has 0 fully saturated rings. The molecule has 1 aromatic heterocycles. The van der Waals surface area contributed by atoms with Crippen molar-refractivity contribution in [1.29, 1.82) is 0 Å². The topological polar surface area (TPSA) is 71.2 Å². The SMILES string of the molecule is CCc1cc(=O)[nH]c2cc(NC(=O)COc3ccccc3F)ccc12. The molecule has 1 heterocycles. The number of carbonyl (C=O) groups is 1. The van der Waals surface area contributed by atoms with Crippen LogP contribution in [0.2, 0.25) is 0 Å². The molecule has 0 radical (unpaired) electrons. The van der Waals surface area contributed by atoms with Gasteiger partial charge in [-0.1, -0.05) is 25.1 Å². The summed E-state index contributed by atoms with van der Waals surface area (Å²) in [5.74, 6) is -0.921. The summed E-state index contributed by atoms with van der Waals surface area (Å²) >= 11 is 0. The van der Waals surface area contributed by atoms with Crippen LogP contribution in [0, 0.1) is 5.82 Å². The summed E-state index contributed by atoms with van der Waals surface area (Å²) < 4.78 is 18.6. The summed E-state index contributed by atoms with van der Waals surface area (Å²) in [6, 6.07) is 12.7. The number of fused-ring (bicyclic) bond motifs is 1. The predicted molar refractivity (Wildman–Crippen MR) is 94.5 cm³/mol. The first kappa shape index (κ1) is 16.7. The quantitative estimate of drug-likeness (QED) is 0.749. The molecule has 2 N–H and O–H groups in total. The van der Waals surface area contributed by atoms with Crippen molar-refractivity contribution in [3.05, 3.63) is 70.3 Å². The maximum Gasteiger partial charge on any atom is 0.262 e. The molecule has 0 aliphatic heterocycles. The zero-order valence-electron chi connectivity index (χ0n) is 13.6. The lowest BCUT2D eigenvalue weighted by Crippen LogP contribution is -2.20. The Kier molecular flexibility index (Phi) is 4.79. The molecule has 0 aliphatic carbocycles. The van der Waals surface area contributed by atoms with Gasteiger partial charge in [0.25, 0.3) is 5.91 Å². The number of carbonyl (C=O) groups excluding carboxylic acids is 1. The second-order valence-corrected chi connectivity index (χ2v) is 5.54. The van der Waals surface area contributed by atoms with Crippen LogP contribution in [-0.2, 0) is 11.2 Å². The van der Waals surface area contributed by atoms with Crippen LogP contribution in [0.1, 0.15) is 12.5 Å². The standard InChI is InChI=1S/C19H17FN2O3/c1-2-12-9-18(23)22-16-10-13(7-8-14(12)16)21-19(24)11-25-17-6-4-3-5-15(17)20/h3-10H,2,11H2,1H3,(H,21,24)(H,22,23). The number of pyridine rings is 1. The van der Waals surface area contributed by atoms with E-state index in [1.807, 2.05) is 13.0 Å². The number of aryl methyl sites for hydroxylation is 1. The van der Waals surface area contributed by atoms with Gasteiger partial charge in [0.15, 0.2) is 18.2 Å². The van der Waals surface area contributed by atoms with Crippen LogP contribution >= 0.6 is 0 Å². The lowest BCUT2D eigenvalue weighted by Gasteiger charge is -2.10. The molecule has 0 spiro atoms. The summed E-state index contributed by atoms with van der Waals surface area (Å²) in [4.78, 5) is 26.4. The van der Waals surface area contributed by atoms with Gasteiger partial charge in [-0.2, -0.15) is 0 Å². The smallest absolute Gasteiger partial charge is 0.262 e. The van der Waals surface area contributed by atoms with Crippen molar-refractivity contribution in [2.45, 2.75) is 13.3 Å². The van der Waals surface area contributed by atoms with Gasteiger partial charge in [0.1, 0.15) is 0 Å². The van der Waals surface area contributed by atoms with E-state index in [0.29, 0.717) is 11.2 Å². The molecular formula is C19H17FN2O3. The first-order chi connectivity index (χ1) is 12.1. The normalized spacial score (nSPS) is 10.6. The third-order valence-electron chi connectivity index (χ3n) is 3.79. The molecule has 0 aliphatic rings. The van der Waals surface area contributed by atoms with E-state index in [0.717, 1.165) is 17.4 Å². The number of ether oxygens (including phenoxy) is 1. The molecule has 0 unspecified atom stereocenters. The van der Waals surface area contributed by atoms with Crippen molar-refractivity contribution < 1.29 is 13.9 Å². The van der Waals surface area contributed by atoms with Gasteiger partial charge in [0.05, 0.1) is 5.52 Å². The van der Waals surface area contributed by atoms with Crippen molar-refractivity contribution in [2.24, 2.45) is 0 Å². The average Bonchev–Trinajstić information content (AvgIpc) is 2.60. The minimum absolute atomic E-state index is 0.0214. The van der Waals surface area contributed by atoms with Crippen molar-refractivity contribution in [3.8, 4) is 5.75 Å². The van der Waals surface area contributed by atoms with Crippen LogP contribution in [0.5, 0.6) is 5.75 Å². The predicted octanol–water partition coefficient (Wildman–Crippen LogP) is 3.25. The fraction of sp³-hybridized carbons (Fsp3) is 0.158. The lowest BCUT2D eigenvalue weighted by molar-refractivity contribution is -0.118. The number of para-hydroxylation sites is 1. The zero-order valence-corrected chi connectivity index (χ0v) is 13.6. The molecule has 0 saturated heterocycles. The maximum atomic E-state index is 13.5. The number of benzene rings is 2. The summed E-state index contributed by atoms with van der Waals surface area (Å²) in [7, 11) is 0. The molecule has 128 valence electrons. The van der Waals surface area contributed by atoms with Crippen LogP contribution < -0.4 is 15.6 Å². The van der Waals surface area contributed by atoms with Gasteiger partial charge in [-0.05, 0) is 36.2 Å². The number of halogens is 1. The highest BCUT2D eigenvalue weighted by Crippen LogP contribution is 2.20. The molecule has 6 heteroatoms. The van der Waals surface area contributed by atoms with E-state index >= 15 is 0 Å². The van der Waals surface area contributed by atoms with Gasteiger partial charge in [-0.15, -0.1) is 0 Å². The zero-order chi connectivity index (χ0) is 17.8. The first-order valence-corrected chi connectivity index (χ1v) is 7.90. The Morgan fingerprint density at radius 2 is 2.00 bits per heavy atom. The molecule has 2 aromatic carbocycles. The highest BCUT2D eigenvalue weighted by molar-refractivity contribution is 5.94. The molecule has 3 aromatic rings. The number of nitrogens with one attached hydrogen (secondary N) is 2. The molecule has 0 bridgehead atoms. The fourth-order valence-electron chi connectivity index (χ4n) is 2.60. The average molecular weight is 340 g/mol. The van der Waals surface area contributed by atoms with E-state index in [9.17, 15) is 14.0 Å². The fourth-order valence-corrected chi connectivity index (χ4v) is 2.60. The monoisotopic (exact) mass is 340 g/mol. The van der Waals surface area contributed by atoms with Gasteiger partial charge >= 0.3 is 0 Å². The van der Waals surface area contributed by atoms with E-state index in [1.165, 1.54) is 12.1 Å². The lowest BCUT2D eigenvalue weighted by atomic mass is 10.1. The molecule has 0 saturated carbocycles. The van der Waals surface area contributed by atoms with Crippen LogP contribution in [0.3, 0.4) is 0 Å². The Hall–Kier alpha value is -3.15. The molecule has 0 atom stereocenters. The van der Waals surface area contributed by atoms with Crippen molar-refractivity contribution in [1.82, 2.24) is 4.98 Å². The number of hydrogen-bond donors (Lipinski definition) is 2. The number of anilines is 1. The Bertz CT molecular complexity index is 982. The highest BCUT2D eigenvalue weighted by Gasteiger charge is 2.08. The Labute approximate surface area is 143 Å². The van der Waals surface area contributed by atoms with Crippen LogP contribution in [-0.4, -0.2) is 17.5 Å². The molecule has 1 amide bonds. The largest absolute Gasteiger partial charge is 0.481 e. The summed E-state index contributed by atoms with van der Waals surface area (Å²) in [6.45, 7) is 1.66. The van der Waals surface area contributed by atoms with Gasteiger partial charge in [0.2, 0.25) is 5.56 Å². The Morgan fingerprint density at radius 3 is 2.76 bits per heavy atom. The van der Waals surface area contributed by atoms with Gasteiger partial charge in [-0.25, -0.2) is 4.39 Å². The summed E-state index contributed by atoms with van der Waals surface area (Å²) in [5.41, 5.74) is 1.94. The first-order valence-electron chi connectivity index (χ1n) is 7.90. The van der Waals surface area contributed by atoms with Gasteiger partial charge in [0, 0.05) is 17.1 Å². The highest BCUT2D eigenvalue weighted by atomic mass is 19.1. The number of aromatic amines is 1. The van der Waals surface area contributed by atoms with Crippen molar-refractivity contribution >= 4 is 22.5 Å². The van der Waals surface area contributed by atoms with Gasteiger partial charge in [-0.3, -0.25) is 9.59 Å². The summed E-state index contributed by atoms with van der Waals surface area (Å²) in [6.07, 6.45) is 0.739. The van der Waals surface area contributed by atoms with E-state index in [-0.39, 0.29) is 17.9 Å². The molecule has 3 rings (SSSR count). The number of aromatic nitrogens is 1. The number of hydrogen-bond acceptors (Lipinski definition) is 3.